The number of alkyl halides is 3. The zero-order valence-corrected chi connectivity index (χ0v) is 18.6. The second-order valence-electron chi connectivity index (χ2n) is 7.13. The van der Waals surface area contributed by atoms with Gasteiger partial charge in [0.05, 0.1) is 0 Å². The van der Waals surface area contributed by atoms with Crippen LogP contribution in [0.5, 0.6) is 0 Å². The van der Waals surface area contributed by atoms with E-state index in [4.69, 9.17) is 0 Å². The Bertz CT molecular complexity index is 1440. The molecular weight excluding hydrogens is 472 g/mol. The average molecular weight is 488 g/mol. The normalized spacial score (nSPS) is 12.3. The molecule has 3 aromatic carbocycles. The van der Waals surface area contributed by atoms with E-state index in [1.165, 1.54) is 5.39 Å². The van der Waals surface area contributed by atoms with Gasteiger partial charge in [0.25, 0.3) is 0 Å². The van der Waals surface area contributed by atoms with Crippen LogP contribution in [-0.2, 0) is 7.05 Å². The van der Waals surface area contributed by atoms with Gasteiger partial charge in [-0.1, -0.05) is 0 Å². The van der Waals surface area contributed by atoms with E-state index < -0.39 is 20.0 Å². The molecule has 2 nitrogen and oxygen atoms in total. The maximum atomic E-state index is 13.5. The van der Waals surface area contributed by atoms with Gasteiger partial charge in [-0.25, -0.2) is 0 Å². The topological polar surface area (TPSA) is 16.8 Å². The first-order valence-electron chi connectivity index (χ1n) is 9.28. The summed E-state index contributed by atoms with van der Waals surface area (Å²) < 4.78 is 43.9. The molecule has 5 aromatic rings. The van der Waals surface area contributed by atoms with Crippen molar-refractivity contribution in [3.63, 3.8) is 0 Å². The van der Waals surface area contributed by atoms with Crippen LogP contribution in [0.1, 0.15) is 5.56 Å². The van der Waals surface area contributed by atoms with Gasteiger partial charge < -0.3 is 0 Å². The Morgan fingerprint density at radius 2 is 1.67 bits per heavy atom. The number of hydrogen-bond acceptors (Lipinski definition) is 2. The first-order valence-corrected chi connectivity index (χ1v) is 11.8. The predicted molar refractivity (Wildman–Crippen MR) is 117 cm³/mol. The molecule has 0 atom stereocenters. The van der Waals surface area contributed by atoms with Crippen LogP contribution in [0.25, 0.3) is 42.3 Å². The third-order valence-electron chi connectivity index (χ3n) is 5.22. The molecule has 0 amide bonds. The monoisotopic (exact) mass is 489 g/mol. The fourth-order valence-electron chi connectivity index (χ4n) is 3.91. The number of halogens is 3. The Hall–Kier alpha value is -2.47. The zero-order valence-electron chi connectivity index (χ0n) is 16.1. The van der Waals surface area contributed by atoms with Crippen molar-refractivity contribution in [2.75, 3.05) is 0 Å². The molecule has 7 heteroatoms. The van der Waals surface area contributed by atoms with Crippen LogP contribution < -0.4 is 9.03 Å². The maximum absolute atomic E-state index is 13.5. The van der Waals surface area contributed by atoms with Crippen LogP contribution >= 0.6 is 11.3 Å². The minimum absolute atomic E-state index is 0.295. The minimum atomic E-state index is -4.25. The van der Waals surface area contributed by atoms with Gasteiger partial charge in [-0.3, -0.25) is 0 Å². The summed E-state index contributed by atoms with van der Waals surface area (Å²) >= 11 is -0.0243. The van der Waals surface area contributed by atoms with E-state index in [-0.39, 0.29) is 0 Å². The molecule has 0 unspecified atom stereocenters. The number of rotatable bonds is 2. The van der Waals surface area contributed by atoms with Gasteiger partial charge in [-0.15, -0.1) is 0 Å². The Labute approximate surface area is 181 Å². The van der Waals surface area contributed by atoms with Crippen LogP contribution in [-0.4, -0.2) is 25.0 Å². The number of aromatic nitrogens is 2. The molecule has 0 spiro atoms. The van der Waals surface area contributed by atoms with Crippen molar-refractivity contribution in [1.82, 2.24) is 4.98 Å². The van der Waals surface area contributed by atoms with Crippen molar-refractivity contribution in [3.8, 4) is 10.6 Å². The number of fused-ring (bicyclic) bond motifs is 3. The molecule has 30 heavy (non-hydrogen) atoms. The fourth-order valence-corrected chi connectivity index (χ4v) is 6.87. The molecule has 150 valence electrons. The summed E-state index contributed by atoms with van der Waals surface area (Å²) in [4.78, 5) is 5.53. The van der Waals surface area contributed by atoms with Gasteiger partial charge in [-0.2, -0.15) is 0 Å². The molecule has 0 saturated carbocycles. The number of benzene rings is 3. The molecule has 2 heterocycles. The standard InChI is InChI=1S/C23H16F3N2SSe/c1-13-15-8-5-6-10-18(15)29-21(13)20-17-11-14-7-3-4-9-16(14)22(30-23(24,25)26)19(17)27-12-28(20)2/h3-12H,1-2H3/q+1. The molecule has 0 radical (unpaired) electrons. The third-order valence-corrected chi connectivity index (χ3v) is 8.28. The van der Waals surface area contributed by atoms with Crippen molar-refractivity contribution in [1.29, 1.82) is 0 Å². The molecule has 0 N–H and O–H groups in total. The summed E-state index contributed by atoms with van der Waals surface area (Å²) in [6.45, 7) is 2.07. The third kappa shape index (κ3) is 3.18. The molecule has 0 saturated heterocycles. The van der Waals surface area contributed by atoms with Crippen LogP contribution in [0.2, 0.25) is 0 Å². The second-order valence-corrected chi connectivity index (χ2v) is 10.4. The average Bonchev–Trinajstić information content (AvgIpc) is 3.03. The SMILES string of the molecule is Cc1c(-c2c3cc4ccccc4c([Se]C(F)(F)F)c3nc[n+]2C)sc2ccccc12. The van der Waals surface area contributed by atoms with Crippen LogP contribution in [0.4, 0.5) is 13.2 Å². The van der Waals surface area contributed by atoms with Crippen LogP contribution in [0.3, 0.4) is 0 Å². The summed E-state index contributed by atoms with van der Waals surface area (Å²) in [5.41, 5.74) is 2.48. The van der Waals surface area contributed by atoms with Crippen LogP contribution in [0, 0.1) is 6.92 Å². The van der Waals surface area contributed by atoms with Crippen molar-refractivity contribution in [2.45, 2.75) is 12.0 Å². The van der Waals surface area contributed by atoms with E-state index in [1.54, 1.807) is 29.8 Å². The Morgan fingerprint density at radius 1 is 0.967 bits per heavy atom. The first-order chi connectivity index (χ1) is 14.3. The number of aryl methyl sites for hydroxylation is 2. The van der Waals surface area contributed by atoms with E-state index in [9.17, 15) is 13.2 Å². The Morgan fingerprint density at radius 3 is 2.40 bits per heavy atom. The van der Waals surface area contributed by atoms with Crippen molar-refractivity contribution in [2.24, 2.45) is 7.05 Å². The first kappa shape index (κ1) is 19.5. The van der Waals surface area contributed by atoms with Crippen molar-refractivity contribution < 1.29 is 17.7 Å². The van der Waals surface area contributed by atoms with E-state index in [2.05, 4.69) is 24.0 Å². The van der Waals surface area contributed by atoms with Gasteiger partial charge in [0.1, 0.15) is 0 Å². The summed E-state index contributed by atoms with van der Waals surface area (Å²) in [6.07, 6.45) is 1.63. The molecule has 0 aliphatic carbocycles. The van der Waals surface area contributed by atoms with E-state index in [0.29, 0.717) is 15.4 Å². The zero-order chi connectivity index (χ0) is 21.0. The van der Waals surface area contributed by atoms with Crippen molar-refractivity contribution >= 4 is 62.5 Å². The Balaban J connectivity index is 1.92. The molecule has 0 aliphatic rings. The van der Waals surface area contributed by atoms with Gasteiger partial charge in [-0.05, 0) is 0 Å². The quantitative estimate of drug-likeness (QED) is 0.188. The summed E-state index contributed by atoms with van der Waals surface area (Å²) in [7, 11) is 1.90. The Kier molecular flexibility index (Phi) is 4.58. The van der Waals surface area contributed by atoms with E-state index >= 15 is 0 Å². The number of hydrogen-bond donors (Lipinski definition) is 0. The van der Waals surface area contributed by atoms with E-state index in [1.807, 2.05) is 41.9 Å². The predicted octanol–water partition coefficient (Wildman–Crippen LogP) is 5.25. The summed E-state index contributed by atoms with van der Waals surface area (Å²) in [5, 5.41) is -0.892. The molecule has 0 bridgehead atoms. The molecule has 2 aromatic heterocycles. The second kappa shape index (κ2) is 7.05. The molecule has 0 aliphatic heterocycles. The van der Waals surface area contributed by atoms with Gasteiger partial charge in [0, 0.05) is 0 Å². The van der Waals surface area contributed by atoms with Gasteiger partial charge in [0.2, 0.25) is 0 Å². The number of nitrogens with zero attached hydrogens (tertiary/aromatic N) is 2. The fraction of sp³-hybridized carbons (Fsp3) is 0.130. The molecule has 0 fully saturated rings. The van der Waals surface area contributed by atoms with Crippen molar-refractivity contribution in [3.05, 3.63) is 66.5 Å². The van der Waals surface area contributed by atoms with Gasteiger partial charge >= 0.3 is 181 Å². The van der Waals surface area contributed by atoms with E-state index in [0.717, 1.165) is 31.6 Å². The summed E-state index contributed by atoms with van der Waals surface area (Å²) in [6, 6.07) is 17.4. The molecule has 5 rings (SSSR count). The number of thiophene rings is 1. The van der Waals surface area contributed by atoms with Crippen LogP contribution in [0.15, 0.2) is 60.9 Å². The summed E-state index contributed by atoms with van der Waals surface area (Å²) in [5.74, 6) is 0. The van der Waals surface area contributed by atoms with Gasteiger partial charge in [0.15, 0.2) is 0 Å². The molecular formula is C23H16F3N2SSe+.